The molecule has 0 spiro atoms. The number of methoxy groups -OCH3 is 1. The van der Waals surface area contributed by atoms with E-state index in [2.05, 4.69) is 5.18 Å². The van der Waals surface area contributed by atoms with Gasteiger partial charge in [0, 0.05) is 23.6 Å². The van der Waals surface area contributed by atoms with E-state index in [4.69, 9.17) is 9.47 Å². The Morgan fingerprint density at radius 1 is 1.22 bits per heavy atom. The number of carbonyl (C=O) groups is 2. The van der Waals surface area contributed by atoms with Crippen LogP contribution in [0, 0.1) is 10.8 Å². The van der Waals surface area contributed by atoms with Crippen molar-refractivity contribution < 1.29 is 19.1 Å². The van der Waals surface area contributed by atoms with Crippen molar-refractivity contribution in [2.24, 2.45) is 11.1 Å². The molecule has 6 nitrogen and oxygen atoms in total. The quantitative estimate of drug-likeness (QED) is 0.606. The molecule has 2 aliphatic carbocycles. The first-order valence-electron chi connectivity index (χ1n) is 8.70. The second kappa shape index (κ2) is 5.69. The molecule has 2 atom stereocenters. The maximum absolute atomic E-state index is 13.1. The number of allylic oxidation sites excluding steroid dienone is 1. The molecule has 2 unspecified atom stereocenters. The average molecular weight is 361 g/mol. The molecule has 6 heteroatoms. The monoisotopic (exact) mass is 361 g/mol. The van der Waals surface area contributed by atoms with Crippen molar-refractivity contribution in [2.45, 2.75) is 12.5 Å². The molecule has 27 heavy (non-hydrogen) atoms. The number of fused-ring (bicyclic) bond motifs is 4. The third kappa shape index (κ3) is 2.16. The second-order valence-electron chi connectivity index (χ2n) is 6.98. The van der Waals surface area contributed by atoms with Gasteiger partial charge in [0.25, 0.3) is 0 Å². The van der Waals surface area contributed by atoms with Crippen molar-refractivity contribution in [1.29, 1.82) is 0 Å². The van der Waals surface area contributed by atoms with Gasteiger partial charge in [-0.05, 0) is 51.9 Å². The Bertz CT molecular complexity index is 1110. The summed E-state index contributed by atoms with van der Waals surface area (Å²) in [5, 5.41) is 4.78. The Kier molecular flexibility index (Phi) is 3.39. The number of hydrogen-bond donors (Lipinski definition) is 0. The van der Waals surface area contributed by atoms with Crippen LogP contribution in [0.4, 0.5) is 5.69 Å². The molecule has 0 radical (unpaired) electrons. The molecule has 5 rings (SSSR count). The molecule has 0 N–H and O–H groups in total. The molecule has 134 valence electrons. The van der Waals surface area contributed by atoms with Crippen LogP contribution in [0.5, 0.6) is 0 Å². The summed E-state index contributed by atoms with van der Waals surface area (Å²) < 4.78 is 10.4. The van der Waals surface area contributed by atoms with Gasteiger partial charge in [-0.3, -0.25) is 4.79 Å². The highest BCUT2D eigenvalue weighted by Crippen LogP contribution is 2.46. The zero-order valence-electron chi connectivity index (χ0n) is 14.5. The molecule has 3 aliphatic rings. The predicted molar refractivity (Wildman–Crippen MR) is 98.4 cm³/mol. The smallest absolute Gasteiger partial charge is 0.340 e. The van der Waals surface area contributed by atoms with Crippen LogP contribution >= 0.6 is 0 Å². The van der Waals surface area contributed by atoms with Gasteiger partial charge >= 0.3 is 5.97 Å². The van der Waals surface area contributed by atoms with Gasteiger partial charge in [-0.25, -0.2) is 4.79 Å². The molecule has 1 aliphatic heterocycles. The van der Waals surface area contributed by atoms with Gasteiger partial charge in [-0.2, -0.15) is 0 Å². The summed E-state index contributed by atoms with van der Waals surface area (Å²) in [4.78, 5) is 36.2. The van der Waals surface area contributed by atoms with Crippen LogP contribution in [0.25, 0.3) is 16.3 Å². The lowest BCUT2D eigenvalue weighted by molar-refractivity contribution is -0.154. The van der Waals surface area contributed by atoms with Gasteiger partial charge in [0.15, 0.2) is 11.9 Å². The normalized spacial score (nSPS) is 23.5. The zero-order valence-corrected chi connectivity index (χ0v) is 14.5. The minimum atomic E-state index is -0.874. The van der Waals surface area contributed by atoms with E-state index < -0.39 is 12.1 Å². The van der Waals surface area contributed by atoms with Crippen LogP contribution in [0.3, 0.4) is 0 Å². The van der Waals surface area contributed by atoms with E-state index in [1.165, 1.54) is 7.11 Å². The molecule has 2 aromatic rings. The van der Waals surface area contributed by atoms with Gasteiger partial charge in [0.1, 0.15) is 12.3 Å². The summed E-state index contributed by atoms with van der Waals surface area (Å²) in [6, 6.07) is 9.33. The van der Waals surface area contributed by atoms with Crippen LogP contribution < -0.4 is 0 Å². The number of cyclic esters (lactones) is 1. The maximum atomic E-state index is 13.1. The maximum Gasteiger partial charge on any atom is 0.340 e. The summed E-state index contributed by atoms with van der Waals surface area (Å²) in [7, 11) is 1.43. The average Bonchev–Trinajstić information content (AvgIpc) is 3.04. The lowest BCUT2D eigenvalue weighted by atomic mass is 9.80. The van der Waals surface area contributed by atoms with E-state index in [9.17, 15) is 14.5 Å². The van der Waals surface area contributed by atoms with E-state index in [0.717, 1.165) is 27.5 Å². The van der Waals surface area contributed by atoms with Gasteiger partial charge in [-0.1, -0.05) is 18.2 Å². The molecule has 0 aromatic heterocycles. The number of carbonyl (C=O) groups excluding carboxylic acids is 2. The highest BCUT2D eigenvalue weighted by Gasteiger charge is 2.43. The highest BCUT2D eigenvalue weighted by atomic mass is 16.6. The van der Waals surface area contributed by atoms with Crippen LogP contribution in [0.2, 0.25) is 0 Å². The summed E-state index contributed by atoms with van der Waals surface area (Å²) >= 11 is 0. The summed E-state index contributed by atoms with van der Waals surface area (Å²) in [6.45, 7) is -0.00926. The van der Waals surface area contributed by atoms with E-state index in [1.54, 1.807) is 12.1 Å². The minimum absolute atomic E-state index is 0.00926. The number of Topliss-reactive ketones (excluding diaryl/α,β-unsaturated/α-hetero) is 1. The Morgan fingerprint density at radius 2 is 2.07 bits per heavy atom. The van der Waals surface area contributed by atoms with E-state index in [1.807, 2.05) is 24.3 Å². The van der Waals surface area contributed by atoms with Crippen LogP contribution in [0.15, 0.2) is 52.7 Å². The zero-order chi connectivity index (χ0) is 18.7. The number of rotatable bonds is 2. The first kappa shape index (κ1) is 16.1. The Labute approximate surface area is 154 Å². The standard InChI is InChI=1S/C21H15NO5/c1-26-20-16-8-14-12-5-10-3-2-4-18(22-25)13(10)6-11(12)7-15(14)19(23)17(16)9-27-21(20)24/h2-6,8,15,20H,7,9H2,1H3. The van der Waals surface area contributed by atoms with Crippen LogP contribution in [-0.4, -0.2) is 31.6 Å². The summed E-state index contributed by atoms with van der Waals surface area (Å²) in [5.74, 6) is -0.790. The molecular formula is C21H15NO5. The molecule has 0 saturated carbocycles. The minimum Gasteiger partial charge on any atom is -0.458 e. The Hall–Kier alpha value is -3.12. The topological polar surface area (TPSA) is 82.0 Å². The van der Waals surface area contributed by atoms with Gasteiger partial charge < -0.3 is 9.47 Å². The molecule has 0 saturated heterocycles. The largest absolute Gasteiger partial charge is 0.458 e. The number of nitrogens with zero attached hydrogens (tertiary/aromatic N) is 1. The molecule has 0 amide bonds. The first-order chi connectivity index (χ1) is 13.1. The van der Waals surface area contributed by atoms with Crippen molar-refractivity contribution in [3.8, 4) is 0 Å². The number of nitroso groups, excluding NO2 is 1. The number of hydrogen-bond acceptors (Lipinski definition) is 6. The van der Waals surface area contributed by atoms with E-state index >= 15 is 0 Å². The fraction of sp³-hybridized carbons (Fsp3) is 0.238. The van der Waals surface area contributed by atoms with Gasteiger partial charge in [0.2, 0.25) is 0 Å². The molecule has 0 bridgehead atoms. The fourth-order valence-electron chi connectivity index (χ4n) is 4.37. The summed E-state index contributed by atoms with van der Waals surface area (Å²) in [6.07, 6.45) is 1.60. The number of ether oxygens (including phenoxy) is 2. The van der Waals surface area contributed by atoms with Crippen molar-refractivity contribution in [1.82, 2.24) is 0 Å². The van der Waals surface area contributed by atoms with Crippen molar-refractivity contribution in [3.05, 3.63) is 63.6 Å². The van der Waals surface area contributed by atoms with Crippen LogP contribution in [-0.2, 0) is 25.5 Å². The predicted octanol–water partition coefficient (Wildman–Crippen LogP) is 3.24. The Balaban J connectivity index is 1.71. The van der Waals surface area contributed by atoms with Gasteiger partial charge in [-0.15, -0.1) is 4.91 Å². The fourth-order valence-corrected chi connectivity index (χ4v) is 4.37. The second-order valence-corrected chi connectivity index (χ2v) is 6.98. The number of benzene rings is 2. The van der Waals surface area contributed by atoms with Crippen LogP contribution in [0.1, 0.15) is 11.1 Å². The molecule has 2 aromatic carbocycles. The highest BCUT2D eigenvalue weighted by molar-refractivity contribution is 6.12. The molecule has 0 fully saturated rings. The lowest BCUT2D eigenvalue weighted by Crippen LogP contribution is -2.38. The third-order valence-corrected chi connectivity index (χ3v) is 5.65. The van der Waals surface area contributed by atoms with Gasteiger partial charge in [0.05, 0.1) is 5.92 Å². The van der Waals surface area contributed by atoms with Crippen molar-refractivity contribution in [3.63, 3.8) is 0 Å². The number of esters is 1. The molecule has 1 heterocycles. The van der Waals surface area contributed by atoms with Crippen molar-refractivity contribution >= 4 is 33.8 Å². The lowest BCUT2D eigenvalue weighted by Gasteiger charge is -2.29. The Morgan fingerprint density at radius 3 is 2.85 bits per heavy atom. The van der Waals surface area contributed by atoms with Crippen molar-refractivity contribution in [2.75, 3.05) is 13.7 Å². The van der Waals surface area contributed by atoms with E-state index in [0.29, 0.717) is 23.3 Å². The number of ketones is 1. The summed E-state index contributed by atoms with van der Waals surface area (Å²) in [5.41, 5.74) is 4.38. The van der Waals surface area contributed by atoms with E-state index in [-0.39, 0.29) is 18.3 Å². The first-order valence-corrected chi connectivity index (χ1v) is 8.70. The molecular weight excluding hydrogens is 346 g/mol. The SMILES string of the molecule is COC1C(=O)OCC2=C1C=C1c3cc4cccc(N=O)c4cc3CC1C2=O. The third-order valence-electron chi connectivity index (χ3n) is 5.65.